The summed E-state index contributed by atoms with van der Waals surface area (Å²) in [6.45, 7) is 2.79. The van der Waals surface area contributed by atoms with Crippen LogP contribution < -0.4 is 14.8 Å². The molecule has 0 aliphatic heterocycles. The predicted molar refractivity (Wildman–Crippen MR) is 113 cm³/mol. The zero-order chi connectivity index (χ0) is 20.4. The number of aryl methyl sites for hydroxylation is 1. The van der Waals surface area contributed by atoms with E-state index in [4.69, 9.17) is 14.5 Å². The number of pyridine rings is 1. The summed E-state index contributed by atoms with van der Waals surface area (Å²) in [6.07, 6.45) is 0.908. The smallest absolute Gasteiger partial charge is 0.256 e. The van der Waals surface area contributed by atoms with Crippen molar-refractivity contribution in [1.82, 2.24) is 14.8 Å². The highest BCUT2D eigenvalue weighted by Crippen LogP contribution is 2.28. The summed E-state index contributed by atoms with van der Waals surface area (Å²) in [4.78, 5) is 17.5. The van der Waals surface area contributed by atoms with Crippen LogP contribution in [0.3, 0.4) is 0 Å². The van der Waals surface area contributed by atoms with Gasteiger partial charge in [-0.1, -0.05) is 6.92 Å². The van der Waals surface area contributed by atoms with Crippen LogP contribution >= 0.6 is 0 Å². The minimum Gasteiger partial charge on any atom is -0.497 e. The molecule has 1 amide bonds. The Morgan fingerprint density at radius 2 is 1.76 bits per heavy atom. The zero-order valence-corrected chi connectivity index (χ0v) is 16.6. The van der Waals surface area contributed by atoms with Crippen LogP contribution in [0.1, 0.15) is 23.7 Å². The van der Waals surface area contributed by atoms with E-state index in [1.54, 1.807) is 38.5 Å². The summed E-state index contributed by atoms with van der Waals surface area (Å²) in [5, 5.41) is 9.25. The largest absolute Gasteiger partial charge is 0.497 e. The molecule has 0 radical (unpaired) electrons. The van der Waals surface area contributed by atoms with Gasteiger partial charge in [0.15, 0.2) is 11.5 Å². The molecule has 7 heteroatoms. The lowest BCUT2D eigenvalue weighted by molar-refractivity contribution is 0.102. The minimum atomic E-state index is -0.235. The van der Waals surface area contributed by atoms with Crippen molar-refractivity contribution < 1.29 is 14.3 Å². The van der Waals surface area contributed by atoms with Crippen LogP contribution in [0, 0.1) is 0 Å². The maximum absolute atomic E-state index is 12.7. The van der Waals surface area contributed by atoms with Gasteiger partial charge in [-0.15, -0.1) is 0 Å². The summed E-state index contributed by atoms with van der Waals surface area (Å²) in [5.41, 5.74) is 2.12. The van der Waals surface area contributed by atoms with E-state index in [0.29, 0.717) is 23.7 Å². The molecular formula is C22H22N4O3. The molecule has 148 valence electrons. The quantitative estimate of drug-likeness (QED) is 0.532. The van der Waals surface area contributed by atoms with Crippen molar-refractivity contribution in [3.05, 3.63) is 54.1 Å². The van der Waals surface area contributed by atoms with Crippen molar-refractivity contribution in [2.45, 2.75) is 19.9 Å². The summed E-state index contributed by atoms with van der Waals surface area (Å²) < 4.78 is 12.3. The van der Waals surface area contributed by atoms with E-state index in [1.807, 2.05) is 28.9 Å². The molecule has 0 saturated carbocycles. The van der Waals surface area contributed by atoms with E-state index in [-0.39, 0.29) is 5.91 Å². The second kappa shape index (κ2) is 7.79. The molecule has 0 aliphatic carbocycles. The van der Waals surface area contributed by atoms with Gasteiger partial charge in [0.25, 0.3) is 5.91 Å². The minimum absolute atomic E-state index is 0.235. The molecule has 0 atom stereocenters. The fourth-order valence-corrected chi connectivity index (χ4v) is 3.25. The van der Waals surface area contributed by atoms with Gasteiger partial charge < -0.3 is 14.8 Å². The van der Waals surface area contributed by atoms with Gasteiger partial charge in [-0.05, 0) is 55.0 Å². The molecule has 0 fully saturated rings. The number of nitrogens with zero attached hydrogens (tertiary/aromatic N) is 3. The average molecular weight is 390 g/mol. The first-order valence-corrected chi connectivity index (χ1v) is 9.43. The highest BCUT2D eigenvalue weighted by Gasteiger charge is 2.16. The van der Waals surface area contributed by atoms with Crippen LogP contribution in [0.25, 0.3) is 21.9 Å². The monoisotopic (exact) mass is 390 g/mol. The highest BCUT2D eigenvalue weighted by atomic mass is 16.5. The van der Waals surface area contributed by atoms with Crippen LogP contribution in [-0.2, 0) is 6.54 Å². The number of aromatic nitrogens is 3. The molecular weight excluding hydrogens is 368 g/mol. The molecule has 0 bridgehead atoms. The maximum Gasteiger partial charge on any atom is 0.256 e. The standard InChI is InChI=1S/C22H22N4O3/c1-4-11-26-21-18(13-15-12-17(29-3)9-10-19(15)23-21)20(25-26)24-22(27)14-5-7-16(28-2)8-6-14/h5-10,12-13H,4,11H2,1-3H3,(H,24,25,27). The fraction of sp³-hybridized carbons (Fsp3) is 0.227. The molecule has 0 unspecified atom stereocenters. The molecule has 2 aromatic carbocycles. The third kappa shape index (κ3) is 3.59. The molecule has 4 rings (SSSR count). The van der Waals surface area contributed by atoms with Crippen LogP contribution in [0.15, 0.2) is 48.5 Å². The molecule has 0 aliphatic rings. The summed E-state index contributed by atoms with van der Waals surface area (Å²) in [7, 11) is 3.22. The number of hydrogen-bond donors (Lipinski definition) is 1. The Labute approximate surface area is 168 Å². The number of ether oxygens (including phenoxy) is 2. The number of rotatable bonds is 6. The lowest BCUT2D eigenvalue weighted by atomic mass is 10.1. The van der Waals surface area contributed by atoms with E-state index in [2.05, 4.69) is 17.3 Å². The molecule has 2 aromatic heterocycles. The van der Waals surface area contributed by atoms with Crippen LogP contribution in [0.4, 0.5) is 5.82 Å². The molecule has 0 spiro atoms. The first-order valence-electron chi connectivity index (χ1n) is 9.43. The van der Waals surface area contributed by atoms with Crippen LogP contribution in [0.5, 0.6) is 11.5 Å². The van der Waals surface area contributed by atoms with Gasteiger partial charge in [0.05, 0.1) is 25.1 Å². The van der Waals surface area contributed by atoms with Gasteiger partial charge in [-0.3, -0.25) is 4.79 Å². The molecule has 4 aromatic rings. The number of methoxy groups -OCH3 is 2. The van der Waals surface area contributed by atoms with Gasteiger partial charge >= 0.3 is 0 Å². The number of amides is 1. The van der Waals surface area contributed by atoms with Crippen molar-refractivity contribution in [2.75, 3.05) is 19.5 Å². The van der Waals surface area contributed by atoms with Crippen molar-refractivity contribution in [3.8, 4) is 11.5 Å². The Bertz CT molecular complexity index is 1180. The van der Waals surface area contributed by atoms with Crippen molar-refractivity contribution in [3.63, 3.8) is 0 Å². The number of carbonyl (C=O) groups excluding carboxylic acids is 1. The second-order valence-corrected chi connectivity index (χ2v) is 6.67. The Kier molecular flexibility index (Phi) is 5.03. The lowest BCUT2D eigenvalue weighted by Gasteiger charge is -2.05. The third-order valence-corrected chi connectivity index (χ3v) is 4.74. The predicted octanol–water partition coefficient (Wildman–Crippen LogP) is 4.26. The first-order chi connectivity index (χ1) is 14.1. The molecule has 2 heterocycles. The van der Waals surface area contributed by atoms with E-state index in [0.717, 1.165) is 34.1 Å². The van der Waals surface area contributed by atoms with E-state index in [9.17, 15) is 4.79 Å². The lowest BCUT2D eigenvalue weighted by Crippen LogP contribution is -2.12. The number of fused-ring (bicyclic) bond motifs is 2. The second-order valence-electron chi connectivity index (χ2n) is 6.67. The Morgan fingerprint density at radius 1 is 1.03 bits per heavy atom. The summed E-state index contributed by atoms with van der Waals surface area (Å²) >= 11 is 0. The summed E-state index contributed by atoms with van der Waals surface area (Å²) in [5.74, 6) is 1.71. The van der Waals surface area contributed by atoms with Crippen molar-refractivity contribution >= 4 is 33.7 Å². The van der Waals surface area contributed by atoms with Gasteiger partial charge in [-0.2, -0.15) is 5.10 Å². The van der Waals surface area contributed by atoms with Gasteiger partial charge in [-0.25, -0.2) is 9.67 Å². The van der Waals surface area contributed by atoms with Gasteiger partial charge in [0, 0.05) is 17.5 Å². The Morgan fingerprint density at radius 3 is 2.45 bits per heavy atom. The Hall–Kier alpha value is -3.61. The zero-order valence-electron chi connectivity index (χ0n) is 16.6. The maximum atomic E-state index is 12.7. The highest BCUT2D eigenvalue weighted by molar-refractivity contribution is 6.09. The Balaban J connectivity index is 1.77. The number of carbonyl (C=O) groups is 1. The van der Waals surface area contributed by atoms with Gasteiger partial charge in [0.1, 0.15) is 11.5 Å². The van der Waals surface area contributed by atoms with E-state index < -0.39 is 0 Å². The molecule has 0 saturated heterocycles. The molecule has 7 nitrogen and oxygen atoms in total. The van der Waals surface area contributed by atoms with E-state index in [1.165, 1.54) is 0 Å². The number of anilines is 1. The average Bonchev–Trinajstić information content (AvgIpc) is 3.08. The number of benzene rings is 2. The number of hydrogen-bond acceptors (Lipinski definition) is 5. The topological polar surface area (TPSA) is 78.3 Å². The van der Waals surface area contributed by atoms with Gasteiger partial charge in [0.2, 0.25) is 0 Å². The normalized spacial score (nSPS) is 11.0. The SMILES string of the molecule is CCCn1nc(NC(=O)c2ccc(OC)cc2)c2cc3cc(OC)ccc3nc21. The van der Waals surface area contributed by atoms with Crippen molar-refractivity contribution in [1.29, 1.82) is 0 Å². The number of nitrogens with one attached hydrogen (secondary N) is 1. The van der Waals surface area contributed by atoms with Crippen LogP contribution in [-0.4, -0.2) is 34.9 Å². The van der Waals surface area contributed by atoms with Crippen LogP contribution in [0.2, 0.25) is 0 Å². The summed E-state index contributed by atoms with van der Waals surface area (Å²) in [6, 6.07) is 14.7. The van der Waals surface area contributed by atoms with Crippen molar-refractivity contribution in [2.24, 2.45) is 0 Å². The molecule has 1 N–H and O–H groups in total. The fourth-order valence-electron chi connectivity index (χ4n) is 3.25. The first kappa shape index (κ1) is 18.7. The molecule has 29 heavy (non-hydrogen) atoms. The third-order valence-electron chi connectivity index (χ3n) is 4.74. The van der Waals surface area contributed by atoms with E-state index >= 15 is 0 Å².